The maximum atomic E-state index is 14.1. The largest absolute Gasteiger partial charge is 0.493 e. The van der Waals surface area contributed by atoms with E-state index >= 15 is 0 Å². The first-order chi connectivity index (χ1) is 19.1. The number of nitrogens with one attached hydrogen (secondary N) is 2. The molecule has 1 aromatic heterocycles. The molecule has 2 aliphatic heterocycles. The fourth-order valence-corrected chi connectivity index (χ4v) is 5.62. The second-order valence-corrected chi connectivity index (χ2v) is 12.2. The van der Waals surface area contributed by atoms with Crippen molar-refractivity contribution in [3.05, 3.63) is 70.4 Å². The van der Waals surface area contributed by atoms with Gasteiger partial charge in [0.15, 0.2) is 21.5 Å². The Morgan fingerprint density at radius 2 is 1.93 bits per heavy atom. The smallest absolute Gasteiger partial charge is 0.389 e. The molecule has 3 heterocycles. The summed E-state index contributed by atoms with van der Waals surface area (Å²) >= 11 is 0. The molecule has 0 saturated heterocycles. The van der Waals surface area contributed by atoms with E-state index in [9.17, 15) is 40.0 Å². The number of carbonyl (C=O) groups is 2. The number of hydrogen-bond acceptors (Lipinski definition) is 6. The van der Waals surface area contributed by atoms with E-state index in [1.807, 2.05) is 0 Å². The van der Waals surface area contributed by atoms with Crippen LogP contribution in [0.5, 0.6) is 5.75 Å². The highest BCUT2D eigenvalue weighted by atomic mass is 32.2. The van der Waals surface area contributed by atoms with Crippen LogP contribution < -0.4 is 15.4 Å². The van der Waals surface area contributed by atoms with Crippen LogP contribution in [0.4, 0.5) is 27.8 Å². The molecule has 2 aromatic carbocycles. The number of benzene rings is 2. The summed E-state index contributed by atoms with van der Waals surface area (Å²) in [6.45, 7) is 0.132. The van der Waals surface area contributed by atoms with Crippen LogP contribution in [-0.2, 0) is 33.0 Å². The topological polar surface area (TPSA) is 119 Å². The Morgan fingerprint density at radius 3 is 2.61 bits per heavy atom. The minimum atomic E-state index is -4.33. The summed E-state index contributed by atoms with van der Waals surface area (Å²) in [5, 5.41) is 9.71. The van der Waals surface area contributed by atoms with Gasteiger partial charge < -0.3 is 15.4 Å². The molecule has 0 radical (unpaired) electrons. The average molecular weight is 599 g/mol. The van der Waals surface area contributed by atoms with Crippen molar-refractivity contribution in [2.45, 2.75) is 37.4 Å². The second-order valence-electron chi connectivity index (χ2n) is 10.1. The predicted molar refractivity (Wildman–Crippen MR) is 136 cm³/mol. The van der Waals surface area contributed by atoms with E-state index in [1.165, 1.54) is 18.2 Å². The van der Waals surface area contributed by atoms with Gasteiger partial charge >= 0.3 is 6.18 Å². The highest BCUT2D eigenvalue weighted by molar-refractivity contribution is 7.91. The van der Waals surface area contributed by atoms with Gasteiger partial charge in [-0.25, -0.2) is 21.9 Å². The molecule has 2 N–H and O–H groups in total. The van der Waals surface area contributed by atoms with Crippen molar-refractivity contribution in [3.63, 3.8) is 0 Å². The molecule has 3 aromatic rings. The molecule has 218 valence electrons. The van der Waals surface area contributed by atoms with E-state index in [2.05, 4.69) is 15.7 Å². The van der Waals surface area contributed by atoms with Crippen LogP contribution >= 0.6 is 0 Å². The number of alkyl halides is 3. The van der Waals surface area contributed by atoms with Crippen LogP contribution in [0.3, 0.4) is 0 Å². The van der Waals surface area contributed by atoms with E-state index in [1.54, 1.807) is 6.07 Å². The van der Waals surface area contributed by atoms with Crippen molar-refractivity contribution < 1.29 is 44.7 Å². The number of amides is 2. The quantitative estimate of drug-likeness (QED) is 0.419. The molecule has 0 aliphatic carbocycles. The van der Waals surface area contributed by atoms with Crippen LogP contribution in [0.15, 0.2) is 36.4 Å². The number of hydrogen-bond donors (Lipinski definition) is 2. The lowest BCUT2D eigenvalue weighted by atomic mass is 9.77. The number of halogens is 5. The summed E-state index contributed by atoms with van der Waals surface area (Å²) < 4.78 is 96.0. The first-order valence-corrected chi connectivity index (χ1v) is 14.4. The summed E-state index contributed by atoms with van der Waals surface area (Å²) in [5.41, 5.74) is -0.125. The first-order valence-electron chi connectivity index (χ1n) is 12.3. The number of aromatic nitrogens is 2. The molecule has 15 heteroatoms. The zero-order chi connectivity index (χ0) is 29.7. The number of anilines is 1. The van der Waals surface area contributed by atoms with Crippen molar-refractivity contribution in [2.75, 3.05) is 23.9 Å². The molecule has 0 unspecified atom stereocenters. The lowest BCUT2D eigenvalue weighted by Crippen LogP contribution is -2.53. The van der Waals surface area contributed by atoms with Crippen molar-refractivity contribution in [3.8, 4) is 11.4 Å². The number of aryl methyl sites for hydroxylation is 1. The molecule has 0 bridgehead atoms. The van der Waals surface area contributed by atoms with Gasteiger partial charge in [0.1, 0.15) is 22.9 Å². The average Bonchev–Trinajstić information content (AvgIpc) is 3.21. The van der Waals surface area contributed by atoms with Gasteiger partial charge in [-0.3, -0.25) is 9.59 Å². The molecule has 1 atom stereocenters. The highest BCUT2D eigenvalue weighted by Crippen LogP contribution is 2.44. The molecular weight excluding hydrogens is 575 g/mol. The zero-order valence-corrected chi connectivity index (χ0v) is 22.3. The molecule has 5 rings (SSSR count). The summed E-state index contributed by atoms with van der Waals surface area (Å²) in [6, 6.07) is 7.43. The van der Waals surface area contributed by atoms with Crippen LogP contribution in [0.2, 0.25) is 0 Å². The Morgan fingerprint density at radius 1 is 1.17 bits per heavy atom. The third-order valence-corrected chi connectivity index (χ3v) is 7.64. The summed E-state index contributed by atoms with van der Waals surface area (Å²) in [4.78, 5) is 26.1. The number of ether oxygens (including phenoxy) is 1. The molecular formula is C26H23F5N4O5S. The second kappa shape index (κ2) is 10.1. The molecule has 2 amide bonds. The fourth-order valence-electron chi connectivity index (χ4n) is 5.07. The Bertz CT molecular complexity index is 1670. The van der Waals surface area contributed by atoms with Gasteiger partial charge in [0.2, 0.25) is 5.91 Å². The van der Waals surface area contributed by atoms with Gasteiger partial charge in [-0.05, 0) is 30.2 Å². The predicted octanol–water partition coefficient (Wildman–Crippen LogP) is 3.59. The van der Waals surface area contributed by atoms with Gasteiger partial charge in [0, 0.05) is 37.1 Å². The van der Waals surface area contributed by atoms with E-state index in [-0.39, 0.29) is 48.6 Å². The van der Waals surface area contributed by atoms with Crippen LogP contribution in [0.1, 0.15) is 40.0 Å². The minimum absolute atomic E-state index is 0.0449. The Kier molecular flexibility index (Phi) is 7.04. The van der Waals surface area contributed by atoms with E-state index in [0.717, 1.165) is 23.1 Å². The first kappa shape index (κ1) is 28.5. The number of sulfone groups is 1. The summed E-state index contributed by atoms with van der Waals surface area (Å²) in [6.07, 6.45) is -4.40. The zero-order valence-electron chi connectivity index (χ0n) is 21.4. The number of carbonyl (C=O) groups excluding carboxylic acids is 2. The van der Waals surface area contributed by atoms with Gasteiger partial charge in [0.05, 0.1) is 23.5 Å². The number of nitrogens with zero attached hydrogens (tertiary/aromatic N) is 2. The summed E-state index contributed by atoms with van der Waals surface area (Å²) in [7, 11) is -3.75. The van der Waals surface area contributed by atoms with E-state index in [4.69, 9.17) is 4.74 Å². The number of fused-ring (bicyclic) bond motifs is 3. The molecule has 9 nitrogen and oxygen atoms in total. The Hall–Kier alpha value is -4.01. The van der Waals surface area contributed by atoms with Crippen molar-refractivity contribution in [1.82, 2.24) is 15.1 Å². The van der Waals surface area contributed by atoms with Gasteiger partial charge in [0.25, 0.3) is 5.91 Å². The molecule has 0 fully saturated rings. The molecule has 0 saturated carbocycles. The standard InChI is InChI=1S/C26H23F5N4O5S/c1-41(38,39)13-21(36)32-23-22-19(34-35(23)15-3-5-17(27)18(28)11-15)12-25(33-24(22)37)8-9-40-20-10-14(2-4-16(20)25)6-7-26(29,30)31/h2-5,10-11H,6-9,12-13H2,1H3,(H,32,36)(H,33,37)/t25-/m0/s1. The van der Waals surface area contributed by atoms with Crippen molar-refractivity contribution >= 4 is 27.5 Å². The van der Waals surface area contributed by atoms with Gasteiger partial charge in [-0.1, -0.05) is 12.1 Å². The minimum Gasteiger partial charge on any atom is -0.493 e. The fraction of sp³-hybridized carbons (Fsp3) is 0.346. The highest BCUT2D eigenvalue weighted by Gasteiger charge is 2.46. The van der Waals surface area contributed by atoms with E-state index in [0.29, 0.717) is 16.9 Å². The van der Waals surface area contributed by atoms with Crippen molar-refractivity contribution in [2.24, 2.45) is 0 Å². The summed E-state index contributed by atoms with van der Waals surface area (Å²) in [5.74, 6) is -4.86. The lowest BCUT2D eigenvalue weighted by Gasteiger charge is -2.41. The van der Waals surface area contributed by atoms with Crippen LogP contribution in [-0.4, -0.2) is 54.8 Å². The Balaban J connectivity index is 1.56. The maximum absolute atomic E-state index is 14.1. The van der Waals surface area contributed by atoms with Crippen LogP contribution in [0, 0.1) is 11.6 Å². The normalized spacial score (nSPS) is 18.3. The maximum Gasteiger partial charge on any atom is 0.389 e. The molecule has 2 aliphatic rings. The van der Waals surface area contributed by atoms with Gasteiger partial charge in [-0.2, -0.15) is 18.3 Å². The third-order valence-electron chi connectivity index (χ3n) is 6.85. The third kappa shape index (κ3) is 5.89. The van der Waals surface area contributed by atoms with Gasteiger partial charge in [-0.15, -0.1) is 0 Å². The van der Waals surface area contributed by atoms with E-state index < -0.39 is 57.2 Å². The molecule has 1 spiro atoms. The monoisotopic (exact) mass is 598 g/mol. The number of rotatable bonds is 6. The lowest BCUT2D eigenvalue weighted by molar-refractivity contribution is -0.134. The van der Waals surface area contributed by atoms with Crippen molar-refractivity contribution in [1.29, 1.82) is 0 Å². The SMILES string of the molecule is CS(=O)(=O)CC(=O)Nc1c2c(nn1-c1ccc(F)c(F)c1)C[C@]1(CCOc3cc(CCC(F)(F)F)ccc31)NC2=O. The van der Waals surface area contributed by atoms with Crippen LogP contribution in [0.25, 0.3) is 5.69 Å². The molecule has 41 heavy (non-hydrogen) atoms. The Labute approximate surface area is 230 Å².